The molecule has 40 heavy (non-hydrogen) atoms. The molecule has 2 heterocycles. The van der Waals surface area contributed by atoms with Crippen molar-refractivity contribution in [2.24, 2.45) is 0 Å². The Morgan fingerprint density at radius 1 is 0.550 bits per heavy atom. The van der Waals surface area contributed by atoms with Gasteiger partial charge in [-0.3, -0.25) is 29.0 Å². The molecule has 0 saturated heterocycles. The maximum Gasteiger partial charge on any atom is 0.262 e. The number of amides is 4. The summed E-state index contributed by atoms with van der Waals surface area (Å²) in [5.41, 5.74) is 2.64. The van der Waals surface area contributed by atoms with Gasteiger partial charge in [-0.1, -0.05) is 68.6 Å². The van der Waals surface area contributed by atoms with Gasteiger partial charge in [0.15, 0.2) is 0 Å². The minimum atomic E-state index is -0.375. The second kappa shape index (κ2) is 9.75. The van der Waals surface area contributed by atoms with Crippen LogP contribution in [0.15, 0.2) is 48.5 Å². The van der Waals surface area contributed by atoms with Crippen molar-refractivity contribution in [1.82, 2.24) is 9.80 Å². The fourth-order valence-electron chi connectivity index (χ4n) is 7.11. The Hall–Kier alpha value is -4.24. The molecule has 2 fully saturated rings. The SMILES string of the molecule is O=C1c2ccc3c4c(c(C#Cc5ccccc5)cc(c24)C(=O)N1C1CCCCC1)C(=O)N(C1CCCCC1)C3=O. The van der Waals surface area contributed by atoms with Crippen LogP contribution >= 0.6 is 0 Å². The third-order valence-corrected chi connectivity index (χ3v) is 9.06. The molecule has 6 nitrogen and oxygen atoms in total. The van der Waals surface area contributed by atoms with E-state index < -0.39 is 0 Å². The van der Waals surface area contributed by atoms with Crippen molar-refractivity contribution in [1.29, 1.82) is 0 Å². The van der Waals surface area contributed by atoms with E-state index in [1.807, 2.05) is 30.3 Å². The zero-order chi connectivity index (χ0) is 27.4. The van der Waals surface area contributed by atoms with E-state index >= 15 is 0 Å². The lowest BCUT2D eigenvalue weighted by molar-refractivity contribution is 0.0480. The first-order valence-corrected chi connectivity index (χ1v) is 14.5. The van der Waals surface area contributed by atoms with Crippen molar-refractivity contribution in [3.8, 4) is 11.8 Å². The molecule has 0 unspecified atom stereocenters. The number of nitrogens with zero attached hydrogens (tertiary/aromatic N) is 2. The zero-order valence-corrected chi connectivity index (χ0v) is 22.4. The molecule has 4 aliphatic rings. The van der Waals surface area contributed by atoms with Gasteiger partial charge < -0.3 is 0 Å². The highest BCUT2D eigenvalue weighted by Crippen LogP contribution is 2.42. The van der Waals surface area contributed by atoms with Crippen LogP contribution in [-0.4, -0.2) is 45.5 Å². The van der Waals surface area contributed by atoms with E-state index in [0.29, 0.717) is 38.6 Å². The minimum absolute atomic E-state index is 0.145. The van der Waals surface area contributed by atoms with Gasteiger partial charge in [0.2, 0.25) is 0 Å². The third-order valence-electron chi connectivity index (χ3n) is 9.06. The molecular formula is C34H30N2O4. The highest BCUT2D eigenvalue weighted by atomic mass is 16.2. The summed E-state index contributed by atoms with van der Waals surface area (Å²) < 4.78 is 0. The predicted octanol–water partition coefficient (Wildman–Crippen LogP) is 6.10. The van der Waals surface area contributed by atoms with Crippen LogP contribution in [0, 0.1) is 11.8 Å². The Morgan fingerprint density at radius 3 is 1.68 bits per heavy atom. The van der Waals surface area contributed by atoms with Gasteiger partial charge in [-0.25, -0.2) is 0 Å². The summed E-state index contributed by atoms with van der Waals surface area (Å²) in [4.78, 5) is 58.8. The number of imide groups is 2. The maximum absolute atomic E-state index is 14.2. The van der Waals surface area contributed by atoms with Gasteiger partial charge in [0.25, 0.3) is 23.6 Å². The molecule has 0 atom stereocenters. The predicted molar refractivity (Wildman–Crippen MR) is 151 cm³/mol. The molecule has 2 saturated carbocycles. The van der Waals surface area contributed by atoms with Crippen LogP contribution in [0.1, 0.15) is 117 Å². The lowest BCUT2D eigenvalue weighted by Gasteiger charge is -2.39. The van der Waals surface area contributed by atoms with Crippen LogP contribution in [0.25, 0.3) is 10.8 Å². The first kappa shape index (κ1) is 24.8. The van der Waals surface area contributed by atoms with Crippen molar-refractivity contribution in [3.05, 3.63) is 81.9 Å². The van der Waals surface area contributed by atoms with Crippen molar-refractivity contribution in [2.75, 3.05) is 0 Å². The standard InChI is InChI=1S/C34H30N2O4/c37-31-25-18-19-26-30-28(34(40)36(32(26)38)24-14-8-3-9-15-24)22(17-16-21-10-4-1-5-11-21)20-27(29(25)30)33(39)35(31)23-12-6-2-7-13-23/h1,4-5,10-11,18-20,23-24H,2-3,6-9,12-15H2. The molecule has 200 valence electrons. The zero-order valence-electron chi connectivity index (χ0n) is 22.4. The summed E-state index contributed by atoms with van der Waals surface area (Å²) in [6, 6.07) is 14.2. The van der Waals surface area contributed by atoms with Gasteiger partial charge >= 0.3 is 0 Å². The Kier molecular flexibility index (Phi) is 6.04. The van der Waals surface area contributed by atoms with Crippen molar-refractivity contribution in [2.45, 2.75) is 76.3 Å². The van der Waals surface area contributed by atoms with E-state index in [4.69, 9.17) is 0 Å². The normalized spacial score (nSPS) is 19.7. The van der Waals surface area contributed by atoms with E-state index in [1.54, 1.807) is 18.2 Å². The molecule has 2 aliphatic heterocycles. The van der Waals surface area contributed by atoms with Gasteiger partial charge in [0, 0.05) is 50.7 Å². The highest BCUT2D eigenvalue weighted by molar-refractivity contribution is 6.34. The van der Waals surface area contributed by atoms with E-state index in [1.165, 1.54) is 9.80 Å². The molecule has 0 N–H and O–H groups in total. The summed E-state index contributed by atoms with van der Waals surface area (Å²) >= 11 is 0. The largest absolute Gasteiger partial charge is 0.271 e. The summed E-state index contributed by atoms with van der Waals surface area (Å²) in [6.45, 7) is 0. The molecule has 0 spiro atoms. The topological polar surface area (TPSA) is 74.8 Å². The average molecular weight is 531 g/mol. The van der Waals surface area contributed by atoms with Crippen LogP contribution in [0.2, 0.25) is 0 Å². The van der Waals surface area contributed by atoms with Crippen LogP contribution in [-0.2, 0) is 0 Å². The van der Waals surface area contributed by atoms with Gasteiger partial charge in [-0.15, -0.1) is 0 Å². The van der Waals surface area contributed by atoms with Crippen molar-refractivity contribution in [3.63, 3.8) is 0 Å². The summed E-state index contributed by atoms with van der Waals surface area (Å²) in [5, 5.41) is 0.823. The van der Waals surface area contributed by atoms with Crippen LogP contribution in [0.4, 0.5) is 0 Å². The first-order chi connectivity index (χ1) is 19.5. The quantitative estimate of drug-likeness (QED) is 0.297. The lowest BCUT2D eigenvalue weighted by atomic mass is 9.81. The second-order valence-electron chi connectivity index (χ2n) is 11.4. The number of rotatable bonds is 2. The van der Waals surface area contributed by atoms with Gasteiger partial charge in [-0.05, 0) is 56.0 Å². The fraction of sp³-hybridized carbons (Fsp3) is 0.353. The smallest absolute Gasteiger partial charge is 0.262 e. The fourth-order valence-corrected chi connectivity index (χ4v) is 7.11. The third kappa shape index (κ3) is 3.79. The van der Waals surface area contributed by atoms with Crippen LogP contribution in [0.3, 0.4) is 0 Å². The molecule has 4 amide bonds. The van der Waals surface area contributed by atoms with Gasteiger partial charge in [0.1, 0.15) is 0 Å². The second-order valence-corrected chi connectivity index (χ2v) is 11.4. The lowest BCUT2D eigenvalue weighted by Crippen LogP contribution is -2.50. The van der Waals surface area contributed by atoms with Crippen LogP contribution in [0.5, 0.6) is 0 Å². The summed E-state index contributed by atoms with van der Waals surface area (Å²) in [5.74, 6) is 4.93. The molecule has 6 heteroatoms. The first-order valence-electron chi connectivity index (χ1n) is 14.5. The number of hydrogen-bond donors (Lipinski definition) is 0. The maximum atomic E-state index is 14.2. The van der Waals surface area contributed by atoms with Crippen molar-refractivity contribution < 1.29 is 19.2 Å². The van der Waals surface area contributed by atoms with Gasteiger partial charge in [0.05, 0.1) is 5.56 Å². The number of carbonyl (C=O) groups is 4. The molecule has 0 aromatic heterocycles. The number of carbonyl (C=O) groups excluding carboxylic acids is 4. The molecular weight excluding hydrogens is 500 g/mol. The molecule has 0 bridgehead atoms. The molecule has 3 aromatic rings. The Labute approximate surface area is 233 Å². The van der Waals surface area contributed by atoms with E-state index in [0.717, 1.165) is 69.8 Å². The van der Waals surface area contributed by atoms with E-state index in [9.17, 15) is 19.2 Å². The monoisotopic (exact) mass is 530 g/mol. The molecule has 3 aromatic carbocycles. The van der Waals surface area contributed by atoms with Gasteiger partial charge in [-0.2, -0.15) is 0 Å². The van der Waals surface area contributed by atoms with E-state index in [2.05, 4.69) is 11.8 Å². The van der Waals surface area contributed by atoms with E-state index in [-0.39, 0.29) is 35.7 Å². The minimum Gasteiger partial charge on any atom is -0.271 e. The number of hydrogen-bond acceptors (Lipinski definition) is 4. The Balaban J connectivity index is 1.46. The molecule has 0 radical (unpaired) electrons. The van der Waals surface area contributed by atoms with Crippen LogP contribution < -0.4 is 0 Å². The summed E-state index contributed by atoms with van der Waals surface area (Å²) in [6.07, 6.45) is 9.26. The average Bonchev–Trinajstić information content (AvgIpc) is 2.99. The molecule has 7 rings (SSSR count). The highest BCUT2D eigenvalue weighted by Gasteiger charge is 2.44. The molecule has 2 aliphatic carbocycles. The Morgan fingerprint density at radius 2 is 1.07 bits per heavy atom. The number of benzene rings is 3. The summed E-state index contributed by atoms with van der Waals surface area (Å²) in [7, 11) is 0. The van der Waals surface area contributed by atoms with Crippen molar-refractivity contribution >= 4 is 34.4 Å². The Bertz CT molecular complexity index is 1650.